The number of amides is 2. The molecule has 0 fully saturated rings. The first-order valence-corrected chi connectivity index (χ1v) is 13.5. The highest BCUT2D eigenvalue weighted by atomic mass is 35.5. The molecule has 1 aliphatic heterocycles. The number of halogens is 1. The van der Waals surface area contributed by atoms with Gasteiger partial charge in [0, 0.05) is 6.07 Å². The maximum atomic E-state index is 14.1. The zero-order chi connectivity index (χ0) is 27.4. The highest BCUT2D eigenvalue weighted by molar-refractivity contribution is 6.01. The first-order chi connectivity index (χ1) is 18.9. The van der Waals surface area contributed by atoms with Crippen molar-refractivity contribution in [3.05, 3.63) is 107 Å². The zero-order valence-electron chi connectivity index (χ0n) is 23.1. The van der Waals surface area contributed by atoms with Gasteiger partial charge in [0.05, 0.1) is 18.3 Å². The smallest absolute Gasteiger partial charge is 0.249 e. The van der Waals surface area contributed by atoms with Crippen LogP contribution in [0.4, 0.5) is 5.69 Å². The number of ether oxygens (including phenoxy) is 1. The van der Waals surface area contributed by atoms with Crippen LogP contribution in [0.25, 0.3) is 10.8 Å². The summed E-state index contributed by atoms with van der Waals surface area (Å²) in [5, 5.41) is 8.22. The summed E-state index contributed by atoms with van der Waals surface area (Å²) in [5.41, 5.74) is 5.18. The van der Waals surface area contributed by atoms with Gasteiger partial charge in [-0.25, -0.2) is 0 Å². The van der Waals surface area contributed by atoms with Crippen molar-refractivity contribution in [3.8, 4) is 5.75 Å². The third-order valence-corrected chi connectivity index (χ3v) is 7.60. The molecule has 2 N–H and O–H groups in total. The summed E-state index contributed by atoms with van der Waals surface area (Å²) >= 11 is 0. The second-order valence-corrected chi connectivity index (χ2v) is 10.2. The molecule has 0 saturated heterocycles. The van der Waals surface area contributed by atoms with Gasteiger partial charge in [0.25, 0.3) is 0 Å². The first kappa shape index (κ1) is 29.1. The fourth-order valence-corrected chi connectivity index (χ4v) is 5.10. The van der Waals surface area contributed by atoms with E-state index >= 15 is 0 Å². The average molecular weight is 558 g/mol. The minimum Gasteiger partial charge on any atom is -0.489 e. The van der Waals surface area contributed by atoms with E-state index in [1.807, 2.05) is 65.6 Å². The number of anilines is 1. The van der Waals surface area contributed by atoms with Crippen LogP contribution in [0, 0.1) is 6.92 Å². The van der Waals surface area contributed by atoms with E-state index in [4.69, 9.17) is 4.74 Å². The van der Waals surface area contributed by atoms with Crippen molar-refractivity contribution in [2.24, 2.45) is 0 Å². The van der Waals surface area contributed by atoms with Gasteiger partial charge in [-0.15, -0.1) is 12.4 Å². The third kappa shape index (κ3) is 6.30. The molecule has 0 radical (unpaired) electrons. The summed E-state index contributed by atoms with van der Waals surface area (Å²) in [7, 11) is 1.74. The van der Waals surface area contributed by atoms with Crippen LogP contribution in [0.1, 0.15) is 35.6 Å². The molecule has 0 aromatic heterocycles. The SMILES string of the molecule is CN[C@@H](C)C(=O)N[C@H]1CCc2ccc(OCc3ccccc3)cc2N(Cc2c(C)ccc3ccccc23)C1=O.Cl. The van der Waals surface area contributed by atoms with Crippen LogP contribution in [0.2, 0.25) is 0 Å². The quantitative estimate of drug-likeness (QED) is 0.291. The van der Waals surface area contributed by atoms with Gasteiger partial charge in [0.15, 0.2) is 0 Å². The number of benzene rings is 4. The molecule has 6 nitrogen and oxygen atoms in total. The van der Waals surface area contributed by atoms with Crippen LogP contribution in [0.5, 0.6) is 5.75 Å². The van der Waals surface area contributed by atoms with Gasteiger partial charge in [0.1, 0.15) is 18.4 Å². The maximum absolute atomic E-state index is 14.1. The molecule has 1 aliphatic rings. The molecule has 0 bridgehead atoms. The van der Waals surface area contributed by atoms with Gasteiger partial charge in [-0.3, -0.25) is 9.59 Å². The van der Waals surface area contributed by atoms with Crippen molar-refractivity contribution in [1.29, 1.82) is 0 Å². The number of nitrogens with one attached hydrogen (secondary N) is 2. The van der Waals surface area contributed by atoms with Crippen LogP contribution in [0.3, 0.4) is 0 Å². The lowest BCUT2D eigenvalue weighted by atomic mass is 9.98. The molecular formula is C33H36ClN3O3. The van der Waals surface area contributed by atoms with Gasteiger partial charge in [0.2, 0.25) is 11.8 Å². The summed E-state index contributed by atoms with van der Waals surface area (Å²) in [4.78, 5) is 28.8. The van der Waals surface area contributed by atoms with E-state index in [-0.39, 0.29) is 24.2 Å². The number of hydrogen-bond donors (Lipinski definition) is 2. The van der Waals surface area contributed by atoms with E-state index in [1.165, 1.54) is 0 Å². The van der Waals surface area contributed by atoms with Gasteiger partial charge in [-0.05, 0) is 72.8 Å². The molecule has 1 heterocycles. The lowest BCUT2D eigenvalue weighted by molar-refractivity contribution is -0.128. The van der Waals surface area contributed by atoms with Crippen molar-refractivity contribution in [1.82, 2.24) is 10.6 Å². The molecule has 4 aromatic carbocycles. The Kier molecular flexibility index (Phi) is 9.46. The Balaban J connectivity index is 0.00000370. The average Bonchev–Trinajstić information content (AvgIpc) is 3.09. The lowest BCUT2D eigenvalue weighted by Gasteiger charge is -2.28. The minimum absolute atomic E-state index is 0. The topological polar surface area (TPSA) is 70.7 Å². The van der Waals surface area contributed by atoms with Gasteiger partial charge in [-0.1, -0.05) is 72.8 Å². The Morgan fingerprint density at radius 2 is 1.77 bits per heavy atom. The number of hydrogen-bond acceptors (Lipinski definition) is 4. The standard InChI is InChI=1S/C33H35N3O3.ClH/c1-22-13-14-25-11-7-8-12-28(25)29(22)20-36-31-19-27(39-21-24-9-5-4-6-10-24)17-15-26(31)16-18-30(33(36)38)35-32(37)23(2)34-3;/h4-15,17,19,23,30,34H,16,18,20-21H2,1-3H3,(H,35,37);1H/t23-,30-;/m0./s1. The van der Waals surface area contributed by atoms with Crippen LogP contribution in [-0.4, -0.2) is 30.9 Å². The number of fused-ring (bicyclic) bond motifs is 2. The van der Waals surface area contributed by atoms with Crippen molar-refractivity contribution >= 4 is 40.7 Å². The maximum Gasteiger partial charge on any atom is 0.249 e. The van der Waals surface area contributed by atoms with Crippen molar-refractivity contribution in [2.75, 3.05) is 11.9 Å². The summed E-state index contributed by atoms with van der Waals surface area (Å²) in [6.07, 6.45) is 1.20. The largest absolute Gasteiger partial charge is 0.489 e. The Morgan fingerprint density at radius 1 is 1.02 bits per heavy atom. The van der Waals surface area contributed by atoms with E-state index in [2.05, 4.69) is 41.8 Å². The number of nitrogens with zero attached hydrogens (tertiary/aromatic N) is 1. The first-order valence-electron chi connectivity index (χ1n) is 13.5. The predicted molar refractivity (Wildman–Crippen MR) is 163 cm³/mol. The lowest BCUT2D eigenvalue weighted by Crippen LogP contribution is -2.52. The summed E-state index contributed by atoms with van der Waals surface area (Å²) in [6, 6.07) is 27.5. The van der Waals surface area contributed by atoms with Crippen molar-refractivity contribution < 1.29 is 14.3 Å². The number of aryl methyl sites for hydroxylation is 2. The molecule has 2 atom stereocenters. The molecule has 0 aliphatic carbocycles. The fraction of sp³-hybridized carbons (Fsp3) is 0.273. The second-order valence-electron chi connectivity index (χ2n) is 10.2. The number of carbonyl (C=O) groups excluding carboxylic acids is 2. The third-order valence-electron chi connectivity index (χ3n) is 7.60. The molecular weight excluding hydrogens is 522 g/mol. The Morgan fingerprint density at radius 3 is 2.55 bits per heavy atom. The second kappa shape index (κ2) is 13.0. The zero-order valence-corrected chi connectivity index (χ0v) is 24.0. The molecule has 0 saturated carbocycles. The molecule has 7 heteroatoms. The van der Waals surface area contributed by atoms with Crippen LogP contribution < -0.4 is 20.3 Å². The summed E-state index contributed by atoms with van der Waals surface area (Å²) < 4.78 is 6.15. The van der Waals surface area contributed by atoms with E-state index in [0.717, 1.165) is 38.7 Å². The van der Waals surface area contributed by atoms with Gasteiger partial charge >= 0.3 is 0 Å². The summed E-state index contributed by atoms with van der Waals surface area (Å²) in [6.45, 7) is 4.71. The van der Waals surface area contributed by atoms with E-state index in [1.54, 1.807) is 14.0 Å². The highest BCUT2D eigenvalue weighted by Gasteiger charge is 2.33. The molecule has 0 unspecified atom stereocenters. The van der Waals surface area contributed by atoms with E-state index in [9.17, 15) is 9.59 Å². The minimum atomic E-state index is -0.621. The highest BCUT2D eigenvalue weighted by Crippen LogP contribution is 2.34. The Bertz CT molecular complexity index is 1490. The number of carbonyl (C=O) groups is 2. The fourth-order valence-electron chi connectivity index (χ4n) is 5.10. The molecule has 5 rings (SSSR count). The summed E-state index contributed by atoms with van der Waals surface area (Å²) in [5.74, 6) is 0.407. The normalized spacial score (nSPS) is 15.5. The molecule has 208 valence electrons. The Labute approximate surface area is 242 Å². The van der Waals surface area contributed by atoms with Gasteiger partial charge in [-0.2, -0.15) is 0 Å². The van der Waals surface area contributed by atoms with Crippen LogP contribution in [0.15, 0.2) is 84.9 Å². The Hall–Kier alpha value is -3.87. The number of rotatable bonds is 8. The van der Waals surface area contributed by atoms with E-state index in [0.29, 0.717) is 31.7 Å². The van der Waals surface area contributed by atoms with Crippen molar-refractivity contribution in [3.63, 3.8) is 0 Å². The molecule has 2 amide bonds. The van der Waals surface area contributed by atoms with Gasteiger partial charge < -0.3 is 20.3 Å². The van der Waals surface area contributed by atoms with E-state index < -0.39 is 12.1 Å². The molecule has 4 aromatic rings. The molecule has 40 heavy (non-hydrogen) atoms. The predicted octanol–water partition coefficient (Wildman–Crippen LogP) is 5.72. The van der Waals surface area contributed by atoms with Crippen LogP contribution >= 0.6 is 12.4 Å². The number of likely N-dealkylation sites (N-methyl/N-ethyl adjacent to an activating group) is 1. The monoisotopic (exact) mass is 557 g/mol. The van der Waals surface area contributed by atoms with Crippen molar-refractivity contribution in [2.45, 2.75) is 51.9 Å². The van der Waals surface area contributed by atoms with Crippen LogP contribution in [-0.2, 0) is 29.2 Å². The molecule has 0 spiro atoms.